The van der Waals surface area contributed by atoms with Gasteiger partial charge in [-0.25, -0.2) is 4.79 Å². The summed E-state index contributed by atoms with van der Waals surface area (Å²) in [6, 6.07) is 4.27. The Bertz CT molecular complexity index is 641. The summed E-state index contributed by atoms with van der Waals surface area (Å²) < 4.78 is 5.06. The molecule has 0 aromatic heterocycles. The Balaban J connectivity index is 2.18. The molecule has 1 atom stereocenters. The predicted molar refractivity (Wildman–Crippen MR) is 88.1 cm³/mol. The van der Waals surface area contributed by atoms with Gasteiger partial charge in [0.25, 0.3) is 11.6 Å². The third kappa shape index (κ3) is 4.01. The summed E-state index contributed by atoms with van der Waals surface area (Å²) in [5, 5.41) is 13.9. The molecule has 1 fully saturated rings. The van der Waals surface area contributed by atoms with Gasteiger partial charge in [0.15, 0.2) is 6.10 Å². The van der Waals surface area contributed by atoms with E-state index < -0.39 is 22.9 Å². The normalized spacial score (nSPS) is 15.0. The first-order chi connectivity index (χ1) is 11.4. The molecule has 0 unspecified atom stereocenters. The zero-order valence-corrected chi connectivity index (χ0v) is 13.8. The average Bonchev–Trinajstić information content (AvgIpc) is 3.08. The van der Waals surface area contributed by atoms with E-state index in [2.05, 4.69) is 5.32 Å². The molecule has 8 nitrogen and oxygen atoms in total. The van der Waals surface area contributed by atoms with Gasteiger partial charge in [0, 0.05) is 25.7 Å². The first kappa shape index (κ1) is 17.7. The van der Waals surface area contributed by atoms with Crippen LogP contribution in [0.15, 0.2) is 18.2 Å². The van der Waals surface area contributed by atoms with E-state index in [9.17, 15) is 19.7 Å². The van der Waals surface area contributed by atoms with Gasteiger partial charge in [-0.1, -0.05) is 0 Å². The van der Waals surface area contributed by atoms with Crippen molar-refractivity contribution in [2.75, 3.05) is 24.5 Å². The Morgan fingerprint density at radius 3 is 2.62 bits per heavy atom. The van der Waals surface area contributed by atoms with Gasteiger partial charge in [0.2, 0.25) is 0 Å². The van der Waals surface area contributed by atoms with Crippen LogP contribution < -0.4 is 10.2 Å². The summed E-state index contributed by atoms with van der Waals surface area (Å²) in [5.74, 6) is -1.17. The number of carbonyl (C=O) groups is 2. The molecule has 130 valence electrons. The molecule has 0 aliphatic carbocycles. The number of esters is 1. The molecule has 2 rings (SSSR count). The number of ether oxygens (including phenoxy) is 1. The fourth-order valence-corrected chi connectivity index (χ4v) is 2.62. The van der Waals surface area contributed by atoms with Crippen molar-refractivity contribution in [3.63, 3.8) is 0 Å². The molecule has 1 N–H and O–H groups in total. The van der Waals surface area contributed by atoms with Crippen LogP contribution in [0.5, 0.6) is 0 Å². The molecule has 8 heteroatoms. The lowest BCUT2D eigenvalue weighted by Gasteiger charge is -2.18. The first-order valence-corrected chi connectivity index (χ1v) is 7.96. The minimum Gasteiger partial charge on any atom is -0.449 e. The highest BCUT2D eigenvalue weighted by atomic mass is 16.6. The molecular formula is C16H21N3O5. The Kier molecular flexibility index (Phi) is 5.73. The highest BCUT2D eigenvalue weighted by Gasteiger charge is 2.25. The van der Waals surface area contributed by atoms with E-state index in [1.165, 1.54) is 19.1 Å². The number of carbonyl (C=O) groups excluding carboxylic acids is 2. The Morgan fingerprint density at radius 2 is 2.04 bits per heavy atom. The van der Waals surface area contributed by atoms with Crippen molar-refractivity contribution >= 4 is 23.3 Å². The van der Waals surface area contributed by atoms with Crippen molar-refractivity contribution in [2.45, 2.75) is 32.8 Å². The van der Waals surface area contributed by atoms with Crippen LogP contribution in [-0.2, 0) is 9.53 Å². The average molecular weight is 335 g/mol. The topological polar surface area (TPSA) is 102 Å². The maximum Gasteiger partial charge on any atom is 0.339 e. The number of anilines is 1. The van der Waals surface area contributed by atoms with Crippen LogP contribution in [0.25, 0.3) is 0 Å². The Hall–Kier alpha value is -2.64. The summed E-state index contributed by atoms with van der Waals surface area (Å²) in [4.78, 5) is 36.5. The van der Waals surface area contributed by atoms with Crippen molar-refractivity contribution in [1.29, 1.82) is 0 Å². The lowest BCUT2D eigenvalue weighted by atomic mass is 10.1. The molecule has 1 aliphatic heterocycles. The van der Waals surface area contributed by atoms with Crippen LogP contribution in [-0.4, -0.2) is 42.5 Å². The molecule has 0 bridgehead atoms. The molecule has 1 aromatic rings. The van der Waals surface area contributed by atoms with Crippen LogP contribution in [0.4, 0.5) is 11.4 Å². The van der Waals surface area contributed by atoms with Gasteiger partial charge in [-0.3, -0.25) is 14.9 Å². The first-order valence-electron chi connectivity index (χ1n) is 7.96. The smallest absolute Gasteiger partial charge is 0.339 e. The highest BCUT2D eigenvalue weighted by Crippen LogP contribution is 2.31. The van der Waals surface area contributed by atoms with Gasteiger partial charge in [-0.2, -0.15) is 0 Å². The minimum absolute atomic E-state index is 0.0563. The van der Waals surface area contributed by atoms with Crippen molar-refractivity contribution in [3.8, 4) is 0 Å². The Morgan fingerprint density at radius 1 is 1.38 bits per heavy atom. The molecule has 0 radical (unpaired) electrons. The van der Waals surface area contributed by atoms with Gasteiger partial charge in [-0.05, 0) is 38.8 Å². The van der Waals surface area contributed by atoms with Crippen molar-refractivity contribution in [2.24, 2.45) is 0 Å². The lowest BCUT2D eigenvalue weighted by molar-refractivity contribution is -0.384. The number of nitrogens with zero attached hydrogens (tertiary/aromatic N) is 2. The number of hydrogen-bond acceptors (Lipinski definition) is 6. The van der Waals surface area contributed by atoms with Crippen LogP contribution >= 0.6 is 0 Å². The van der Waals surface area contributed by atoms with Gasteiger partial charge in [-0.15, -0.1) is 0 Å². The number of amides is 1. The molecule has 1 saturated heterocycles. The summed E-state index contributed by atoms with van der Waals surface area (Å²) in [6.07, 6.45) is 1.02. The third-order valence-electron chi connectivity index (χ3n) is 3.86. The quantitative estimate of drug-likeness (QED) is 0.484. The fourth-order valence-electron chi connectivity index (χ4n) is 2.62. The molecule has 1 heterocycles. The Labute approximate surface area is 139 Å². The highest BCUT2D eigenvalue weighted by molar-refractivity contribution is 5.93. The van der Waals surface area contributed by atoms with Crippen LogP contribution in [0, 0.1) is 10.1 Å². The number of nitro benzene ring substituents is 1. The third-order valence-corrected chi connectivity index (χ3v) is 3.86. The fraction of sp³-hybridized carbons (Fsp3) is 0.500. The second-order valence-corrected chi connectivity index (χ2v) is 5.60. The molecule has 0 saturated carbocycles. The van der Waals surface area contributed by atoms with Crippen molar-refractivity contribution < 1.29 is 19.2 Å². The van der Waals surface area contributed by atoms with E-state index in [1.54, 1.807) is 13.0 Å². The minimum atomic E-state index is -0.963. The van der Waals surface area contributed by atoms with E-state index in [1.807, 2.05) is 4.90 Å². The van der Waals surface area contributed by atoms with E-state index >= 15 is 0 Å². The van der Waals surface area contributed by atoms with Crippen molar-refractivity contribution in [3.05, 3.63) is 33.9 Å². The standard InChI is InChI=1S/C16H21N3O5/c1-3-17-15(20)11(2)24-16(21)12-6-7-13(14(10-12)19(22)23)18-8-4-5-9-18/h6-7,10-11H,3-5,8-9H2,1-2H3,(H,17,20)/t11-/m1/s1. The van der Waals surface area contributed by atoms with E-state index in [4.69, 9.17) is 4.74 Å². The summed E-state index contributed by atoms with van der Waals surface area (Å²) >= 11 is 0. The molecule has 1 aliphatic rings. The van der Waals surface area contributed by atoms with Crippen LogP contribution in [0.3, 0.4) is 0 Å². The number of nitro groups is 1. The summed E-state index contributed by atoms with van der Waals surface area (Å²) in [5.41, 5.74) is 0.434. The molecule has 1 aromatic carbocycles. The largest absolute Gasteiger partial charge is 0.449 e. The van der Waals surface area contributed by atoms with Gasteiger partial charge < -0.3 is 15.0 Å². The monoisotopic (exact) mass is 335 g/mol. The lowest BCUT2D eigenvalue weighted by Crippen LogP contribution is -2.35. The number of nitrogens with one attached hydrogen (secondary N) is 1. The molecular weight excluding hydrogens is 314 g/mol. The second-order valence-electron chi connectivity index (χ2n) is 5.60. The van der Waals surface area contributed by atoms with Crippen molar-refractivity contribution in [1.82, 2.24) is 5.32 Å². The SMILES string of the molecule is CCNC(=O)[C@@H](C)OC(=O)c1ccc(N2CCCC2)c([N+](=O)[O-])c1. The zero-order chi connectivity index (χ0) is 17.7. The maximum atomic E-state index is 12.1. The number of rotatable bonds is 6. The van der Waals surface area contributed by atoms with E-state index in [-0.39, 0.29) is 11.3 Å². The predicted octanol–water partition coefficient (Wildman–Crippen LogP) is 1.88. The second kappa shape index (κ2) is 7.76. The maximum absolute atomic E-state index is 12.1. The number of benzene rings is 1. The van der Waals surface area contributed by atoms with Gasteiger partial charge >= 0.3 is 5.97 Å². The van der Waals surface area contributed by atoms with E-state index in [0.717, 1.165) is 25.9 Å². The van der Waals surface area contributed by atoms with Gasteiger partial charge in [0.1, 0.15) is 5.69 Å². The van der Waals surface area contributed by atoms with Crippen LogP contribution in [0.1, 0.15) is 37.0 Å². The van der Waals surface area contributed by atoms with Gasteiger partial charge in [0.05, 0.1) is 10.5 Å². The number of hydrogen-bond donors (Lipinski definition) is 1. The number of likely N-dealkylation sites (N-methyl/N-ethyl adjacent to an activating group) is 1. The molecule has 24 heavy (non-hydrogen) atoms. The molecule has 0 spiro atoms. The summed E-state index contributed by atoms with van der Waals surface area (Å²) in [6.45, 7) is 5.16. The zero-order valence-electron chi connectivity index (χ0n) is 13.8. The summed E-state index contributed by atoms with van der Waals surface area (Å²) in [7, 11) is 0. The molecule has 1 amide bonds. The van der Waals surface area contributed by atoms with Crippen LogP contribution in [0.2, 0.25) is 0 Å². The van der Waals surface area contributed by atoms with E-state index in [0.29, 0.717) is 12.2 Å².